The summed E-state index contributed by atoms with van der Waals surface area (Å²) in [5.74, 6) is 0.352. The van der Waals surface area contributed by atoms with Crippen LogP contribution in [0, 0.1) is 29.1 Å². The minimum atomic E-state index is -0.967. The molecule has 14 nitrogen and oxygen atoms in total. The summed E-state index contributed by atoms with van der Waals surface area (Å²) < 4.78 is 22.8. The Morgan fingerprint density at radius 1 is 0.627 bits per heavy atom. The van der Waals surface area contributed by atoms with Crippen molar-refractivity contribution >= 4 is 46.1 Å². The molecule has 0 amide bonds. The zero-order chi connectivity index (χ0) is 42.1. The minimum Gasteiger partial charge on any atom is -0.490 e. The predicted molar refractivity (Wildman–Crippen MR) is 222 cm³/mol. The molecule has 1 unspecified atom stereocenters. The lowest BCUT2D eigenvalue weighted by molar-refractivity contribution is -0.164. The summed E-state index contributed by atoms with van der Waals surface area (Å²) in [5, 5.41) is 34.3. The maximum atomic E-state index is 13.3. The van der Waals surface area contributed by atoms with Crippen LogP contribution in [0.5, 0.6) is 11.5 Å². The van der Waals surface area contributed by atoms with Gasteiger partial charge in [-0.05, 0) is 137 Å². The van der Waals surface area contributed by atoms with E-state index in [-0.39, 0.29) is 32.8 Å². The van der Waals surface area contributed by atoms with Crippen LogP contribution in [-0.2, 0) is 19.1 Å². The monoisotopic (exact) mass is 794 g/mol. The highest BCUT2D eigenvalue weighted by Gasteiger charge is 2.43. The van der Waals surface area contributed by atoms with Crippen LogP contribution in [0.4, 0.5) is 34.1 Å². The molecule has 0 aliphatic rings. The molecule has 0 aliphatic carbocycles. The number of nitriles is 1. The molecule has 0 spiro atoms. The van der Waals surface area contributed by atoms with Crippen molar-refractivity contribution in [3.63, 3.8) is 0 Å². The first-order chi connectivity index (χ1) is 28.5. The lowest BCUT2D eigenvalue weighted by Gasteiger charge is -2.33. The lowest BCUT2D eigenvalue weighted by atomic mass is 9.72. The third-order valence-electron chi connectivity index (χ3n) is 9.12. The number of hydrogen-bond donors (Lipinski definition) is 0. The molecule has 0 saturated carbocycles. The van der Waals surface area contributed by atoms with Gasteiger partial charge in [-0.2, -0.15) is 30.8 Å². The van der Waals surface area contributed by atoms with Gasteiger partial charge < -0.3 is 18.9 Å². The zero-order valence-corrected chi connectivity index (χ0v) is 33.7. The van der Waals surface area contributed by atoms with Crippen molar-refractivity contribution in [1.29, 1.82) is 5.26 Å². The van der Waals surface area contributed by atoms with Crippen molar-refractivity contribution in [3.8, 4) is 17.6 Å². The Bertz CT molecular complexity index is 2290. The second-order valence-corrected chi connectivity index (χ2v) is 14.4. The van der Waals surface area contributed by atoms with E-state index in [1.807, 2.05) is 80.6 Å². The molecule has 59 heavy (non-hydrogen) atoms. The van der Waals surface area contributed by atoms with Crippen LogP contribution in [0.25, 0.3) is 0 Å². The minimum absolute atomic E-state index is 0.0288. The van der Waals surface area contributed by atoms with Crippen LogP contribution >= 0.6 is 0 Å². The van der Waals surface area contributed by atoms with Gasteiger partial charge >= 0.3 is 11.9 Å². The quantitative estimate of drug-likeness (QED) is 0.0449. The van der Waals surface area contributed by atoms with Crippen LogP contribution in [0.2, 0.25) is 0 Å². The summed E-state index contributed by atoms with van der Waals surface area (Å²) in [5.41, 5.74) is 3.20. The molecule has 0 saturated heterocycles. The van der Waals surface area contributed by atoms with E-state index >= 15 is 0 Å². The second kappa shape index (κ2) is 20.9. The van der Waals surface area contributed by atoms with Gasteiger partial charge in [0.15, 0.2) is 0 Å². The number of rotatable bonds is 19. The Morgan fingerprint density at radius 3 is 1.69 bits per heavy atom. The summed E-state index contributed by atoms with van der Waals surface area (Å²) in [7, 11) is 0. The number of carbonyl (C=O) groups is 2. The number of carbonyl (C=O) groups excluding carboxylic acids is 2. The van der Waals surface area contributed by atoms with Gasteiger partial charge in [0.1, 0.15) is 55.4 Å². The molecule has 0 radical (unpaired) electrons. The van der Waals surface area contributed by atoms with Crippen LogP contribution < -0.4 is 9.47 Å². The van der Waals surface area contributed by atoms with E-state index in [1.54, 1.807) is 69.3 Å². The molecule has 0 bridgehead atoms. The normalized spacial score (nSPS) is 12.6. The summed E-state index contributed by atoms with van der Waals surface area (Å²) in [6.07, 6.45) is 2.16. The maximum Gasteiger partial charge on any atom is 0.311 e. The average Bonchev–Trinajstić information content (AvgIpc) is 3.25. The highest BCUT2D eigenvalue weighted by molar-refractivity contribution is 5.80. The van der Waals surface area contributed by atoms with E-state index in [1.165, 1.54) is 6.20 Å². The fourth-order valence-electron chi connectivity index (χ4n) is 5.74. The molecule has 5 rings (SSSR count). The molecule has 1 atom stereocenters. The third kappa shape index (κ3) is 13.2. The summed E-state index contributed by atoms with van der Waals surface area (Å²) >= 11 is 0. The fourth-order valence-corrected chi connectivity index (χ4v) is 5.74. The first-order valence-electron chi connectivity index (χ1n) is 19.0. The third-order valence-corrected chi connectivity index (χ3v) is 9.12. The first-order valence-corrected chi connectivity index (χ1v) is 19.0. The molecule has 0 N–H and O–H groups in total. The van der Waals surface area contributed by atoms with Gasteiger partial charge in [-0.1, -0.05) is 25.1 Å². The Kier molecular flexibility index (Phi) is 15.2. The fraction of sp³-hybridized carbons (Fsp3) is 0.289. The Morgan fingerprint density at radius 2 is 1.14 bits per heavy atom. The molecule has 1 heterocycles. The molecule has 1 aromatic heterocycles. The number of aromatic nitrogens is 1. The summed E-state index contributed by atoms with van der Waals surface area (Å²) in [4.78, 5) is 30.4. The maximum absolute atomic E-state index is 13.3. The number of ether oxygens (including phenoxy) is 4. The lowest BCUT2D eigenvalue weighted by Crippen LogP contribution is -2.39. The molecule has 0 aliphatic heterocycles. The van der Waals surface area contributed by atoms with Crippen molar-refractivity contribution in [3.05, 3.63) is 127 Å². The van der Waals surface area contributed by atoms with Gasteiger partial charge in [0, 0.05) is 0 Å². The number of azo groups is 3. The second-order valence-electron chi connectivity index (χ2n) is 14.4. The van der Waals surface area contributed by atoms with Crippen molar-refractivity contribution in [2.24, 2.45) is 41.5 Å². The van der Waals surface area contributed by atoms with Crippen LogP contribution in [0.1, 0.15) is 51.8 Å². The summed E-state index contributed by atoms with van der Waals surface area (Å²) in [6, 6.07) is 34.4. The van der Waals surface area contributed by atoms with E-state index in [0.29, 0.717) is 52.1 Å². The standard InChI is InChI=1S/C45H46N8O6/c1-6-45(5,31-44(3,4)42(54)58-26-24-56-40-21-18-36(19-22-40)51-53-39-17-16-38(29-46)47-30-39)43(55)59-27-25-57-41-23-20-37(28-32(41)2)52-50-35-14-12-34(13-15-35)49-48-33-10-8-7-9-11-33/h7-23,28,30H,6,24-27,31H2,1-5H3. The van der Waals surface area contributed by atoms with Gasteiger partial charge in [-0.15, -0.1) is 5.11 Å². The Hall–Kier alpha value is -7.14. The first kappa shape index (κ1) is 43.0. The van der Waals surface area contributed by atoms with E-state index in [9.17, 15) is 9.59 Å². The van der Waals surface area contributed by atoms with Crippen LogP contribution in [0.15, 0.2) is 146 Å². The molecule has 14 heteroatoms. The average molecular weight is 795 g/mol. The predicted octanol–water partition coefficient (Wildman–Crippen LogP) is 11.9. The number of pyridine rings is 1. The molecular weight excluding hydrogens is 749 g/mol. The van der Waals surface area contributed by atoms with E-state index in [4.69, 9.17) is 24.2 Å². The van der Waals surface area contributed by atoms with Gasteiger partial charge in [0.25, 0.3) is 0 Å². The van der Waals surface area contributed by atoms with Gasteiger partial charge in [0.05, 0.1) is 45.5 Å². The Balaban J connectivity index is 1.01. The van der Waals surface area contributed by atoms with Crippen molar-refractivity contribution in [2.75, 3.05) is 26.4 Å². The van der Waals surface area contributed by atoms with Crippen LogP contribution in [0.3, 0.4) is 0 Å². The van der Waals surface area contributed by atoms with Gasteiger partial charge in [-0.3, -0.25) is 9.59 Å². The number of benzene rings is 4. The van der Waals surface area contributed by atoms with Crippen molar-refractivity contribution in [1.82, 2.24) is 4.98 Å². The van der Waals surface area contributed by atoms with Gasteiger partial charge in [0.2, 0.25) is 0 Å². The summed E-state index contributed by atoms with van der Waals surface area (Å²) in [6.45, 7) is 9.45. The molecule has 4 aromatic carbocycles. The van der Waals surface area contributed by atoms with E-state index in [2.05, 4.69) is 35.7 Å². The van der Waals surface area contributed by atoms with E-state index in [0.717, 1.165) is 11.3 Å². The van der Waals surface area contributed by atoms with Crippen LogP contribution in [-0.4, -0.2) is 43.4 Å². The van der Waals surface area contributed by atoms with Crippen molar-refractivity contribution in [2.45, 2.75) is 47.5 Å². The number of esters is 2. The molecule has 5 aromatic rings. The van der Waals surface area contributed by atoms with E-state index < -0.39 is 22.8 Å². The zero-order valence-electron chi connectivity index (χ0n) is 33.7. The Labute approximate surface area is 343 Å². The SMILES string of the molecule is CCC(C)(CC(C)(C)C(=O)OCCOc1ccc(N=Nc2ccc(C#N)nc2)cc1)C(=O)OCCOc1ccc(N=Nc2ccc(N=Nc3ccccc3)cc2)cc1C. The molecule has 302 valence electrons. The van der Waals surface area contributed by atoms with Crippen molar-refractivity contribution < 1.29 is 28.5 Å². The number of hydrogen-bond acceptors (Lipinski definition) is 14. The smallest absolute Gasteiger partial charge is 0.311 e. The number of aryl methyl sites for hydroxylation is 1. The largest absolute Gasteiger partial charge is 0.490 e. The highest BCUT2D eigenvalue weighted by Crippen LogP contribution is 2.38. The topological polar surface area (TPSA) is 182 Å². The van der Waals surface area contributed by atoms with Gasteiger partial charge in [-0.25, -0.2) is 4.98 Å². The highest BCUT2D eigenvalue weighted by atomic mass is 16.6. The molecule has 0 fully saturated rings. The molecular formula is C45H46N8O6. The number of nitrogens with zero attached hydrogens (tertiary/aromatic N) is 8.